The summed E-state index contributed by atoms with van der Waals surface area (Å²) < 4.78 is 5.13. The zero-order valence-electron chi connectivity index (χ0n) is 14.7. The molecular formula is C19H23N3O3. The second kappa shape index (κ2) is 8.82. The first-order valence-electron chi connectivity index (χ1n) is 8.18. The number of carbonyl (C=O) groups is 2. The molecule has 0 saturated carbocycles. The van der Waals surface area contributed by atoms with Gasteiger partial charge in [-0.05, 0) is 30.5 Å². The maximum Gasteiger partial charge on any atom is 0.257 e. The highest BCUT2D eigenvalue weighted by atomic mass is 16.5. The summed E-state index contributed by atoms with van der Waals surface area (Å²) >= 11 is 0. The van der Waals surface area contributed by atoms with Gasteiger partial charge in [-0.2, -0.15) is 0 Å². The molecule has 2 N–H and O–H groups in total. The molecule has 0 bridgehead atoms. The van der Waals surface area contributed by atoms with Crippen molar-refractivity contribution in [2.45, 2.75) is 20.3 Å². The van der Waals surface area contributed by atoms with E-state index >= 15 is 0 Å². The highest BCUT2D eigenvalue weighted by molar-refractivity contribution is 6.05. The van der Waals surface area contributed by atoms with Gasteiger partial charge in [0, 0.05) is 30.7 Å². The molecule has 2 amide bonds. The standard InChI is InChI=1S/C19H23N3O3/c1-13(2)7-8-21-18(23)14-9-15(12-20-11-14)19(24)22-16-5-4-6-17(10-16)25-3/h4-6,9-13H,7-8H2,1-3H3,(H,21,23)(H,22,24). The molecule has 0 radical (unpaired) electrons. The van der Waals surface area contributed by atoms with Crippen molar-refractivity contribution < 1.29 is 14.3 Å². The van der Waals surface area contributed by atoms with Gasteiger partial charge in [-0.25, -0.2) is 0 Å². The van der Waals surface area contributed by atoms with E-state index in [2.05, 4.69) is 29.5 Å². The molecule has 0 aliphatic rings. The largest absolute Gasteiger partial charge is 0.497 e. The smallest absolute Gasteiger partial charge is 0.257 e. The highest BCUT2D eigenvalue weighted by Gasteiger charge is 2.12. The van der Waals surface area contributed by atoms with E-state index in [1.165, 1.54) is 18.5 Å². The molecule has 0 aliphatic heterocycles. The van der Waals surface area contributed by atoms with Gasteiger partial charge in [-0.3, -0.25) is 14.6 Å². The number of anilines is 1. The molecule has 6 nitrogen and oxygen atoms in total. The molecule has 1 heterocycles. The van der Waals surface area contributed by atoms with E-state index in [1.54, 1.807) is 31.4 Å². The SMILES string of the molecule is COc1cccc(NC(=O)c2cncc(C(=O)NCCC(C)C)c2)c1. The maximum atomic E-state index is 12.4. The summed E-state index contributed by atoms with van der Waals surface area (Å²) in [6.07, 6.45) is 3.78. The van der Waals surface area contributed by atoms with Crippen LogP contribution in [0.1, 0.15) is 41.0 Å². The molecular weight excluding hydrogens is 318 g/mol. The van der Waals surface area contributed by atoms with Gasteiger partial charge in [0.25, 0.3) is 11.8 Å². The van der Waals surface area contributed by atoms with Crippen LogP contribution in [0.4, 0.5) is 5.69 Å². The number of ether oxygens (including phenoxy) is 1. The Balaban J connectivity index is 2.04. The number of hydrogen-bond acceptors (Lipinski definition) is 4. The van der Waals surface area contributed by atoms with Crippen LogP contribution in [0.15, 0.2) is 42.7 Å². The lowest BCUT2D eigenvalue weighted by atomic mass is 10.1. The van der Waals surface area contributed by atoms with E-state index < -0.39 is 0 Å². The Morgan fingerprint density at radius 2 is 1.84 bits per heavy atom. The van der Waals surface area contributed by atoms with Crippen LogP contribution >= 0.6 is 0 Å². The van der Waals surface area contributed by atoms with Crippen LogP contribution in [-0.2, 0) is 0 Å². The summed E-state index contributed by atoms with van der Waals surface area (Å²) in [5.41, 5.74) is 1.29. The van der Waals surface area contributed by atoms with Crippen molar-refractivity contribution in [2.24, 2.45) is 5.92 Å². The van der Waals surface area contributed by atoms with E-state index in [9.17, 15) is 9.59 Å². The molecule has 0 unspecified atom stereocenters. The number of nitrogens with zero attached hydrogens (tertiary/aromatic N) is 1. The van der Waals surface area contributed by atoms with Crippen molar-refractivity contribution in [2.75, 3.05) is 19.0 Å². The number of benzene rings is 1. The highest BCUT2D eigenvalue weighted by Crippen LogP contribution is 2.17. The van der Waals surface area contributed by atoms with Crippen molar-refractivity contribution in [3.63, 3.8) is 0 Å². The van der Waals surface area contributed by atoms with Crippen LogP contribution in [0.3, 0.4) is 0 Å². The van der Waals surface area contributed by atoms with Gasteiger partial charge in [0.15, 0.2) is 0 Å². The normalized spacial score (nSPS) is 10.4. The fraction of sp³-hybridized carbons (Fsp3) is 0.316. The van der Waals surface area contributed by atoms with Crippen molar-refractivity contribution in [1.29, 1.82) is 0 Å². The molecule has 1 aromatic carbocycles. The van der Waals surface area contributed by atoms with Crippen molar-refractivity contribution >= 4 is 17.5 Å². The maximum absolute atomic E-state index is 12.4. The Labute approximate surface area is 147 Å². The second-order valence-corrected chi connectivity index (χ2v) is 6.09. The molecule has 0 aliphatic carbocycles. The monoisotopic (exact) mass is 341 g/mol. The number of aromatic nitrogens is 1. The number of pyridine rings is 1. The minimum Gasteiger partial charge on any atom is -0.497 e. The third-order valence-electron chi connectivity index (χ3n) is 3.60. The predicted molar refractivity (Wildman–Crippen MR) is 97.0 cm³/mol. The van der Waals surface area contributed by atoms with Gasteiger partial charge in [0.1, 0.15) is 5.75 Å². The summed E-state index contributed by atoms with van der Waals surface area (Å²) in [6, 6.07) is 8.59. The molecule has 6 heteroatoms. The van der Waals surface area contributed by atoms with Crippen LogP contribution in [0, 0.1) is 5.92 Å². The van der Waals surface area contributed by atoms with Gasteiger partial charge in [-0.15, -0.1) is 0 Å². The average Bonchev–Trinajstić information content (AvgIpc) is 2.61. The first-order chi connectivity index (χ1) is 12.0. The van der Waals surface area contributed by atoms with Gasteiger partial charge < -0.3 is 15.4 Å². The van der Waals surface area contributed by atoms with E-state index in [1.807, 2.05) is 0 Å². The fourth-order valence-electron chi connectivity index (χ4n) is 2.17. The van der Waals surface area contributed by atoms with Crippen LogP contribution in [0.2, 0.25) is 0 Å². The van der Waals surface area contributed by atoms with Crippen LogP contribution in [0.25, 0.3) is 0 Å². The lowest BCUT2D eigenvalue weighted by molar-refractivity contribution is 0.0951. The Morgan fingerprint density at radius 1 is 1.12 bits per heavy atom. The first kappa shape index (κ1) is 18.4. The molecule has 0 saturated heterocycles. The Hall–Kier alpha value is -2.89. The molecule has 2 aromatic rings. The number of nitrogens with one attached hydrogen (secondary N) is 2. The Bertz CT molecular complexity index is 744. The van der Waals surface area contributed by atoms with Gasteiger partial charge in [-0.1, -0.05) is 19.9 Å². The molecule has 0 spiro atoms. The van der Waals surface area contributed by atoms with E-state index in [0.29, 0.717) is 35.0 Å². The topological polar surface area (TPSA) is 80.3 Å². The number of amides is 2. The van der Waals surface area contributed by atoms with Gasteiger partial charge in [0.2, 0.25) is 0 Å². The van der Waals surface area contributed by atoms with Crippen molar-refractivity contribution in [1.82, 2.24) is 10.3 Å². The quantitative estimate of drug-likeness (QED) is 0.811. The number of carbonyl (C=O) groups excluding carboxylic acids is 2. The summed E-state index contributed by atoms with van der Waals surface area (Å²) in [7, 11) is 1.56. The zero-order chi connectivity index (χ0) is 18.2. The van der Waals surface area contributed by atoms with Crippen molar-refractivity contribution in [3.8, 4) is 5.75 Å². The summed E-state index contributed by atoms with van der Waals surface area (Å²) in [5, 5.41) is 5.60. The molecule has 0 atom stereocenters. The molecule has 1 aromatic heterocycles. The summed E-state index contributed by atoms with van der Waals surface area (Å²) in [4.78, 5) is 28.5. The minimum absolute atomic E-state index is 0.232. The Morgan fingerprint density at radius 3 is 2.52 bits per heavy atom. The summed E-state index contributed by atoms with van der Waals surface area (Å²) in [6.45, 7) is 4.78. The number of methoxy groups -OCH3 is 1. The van der Waals surface area contributed by atoms with Crippen LogP contribution in [-0.4, -0.2) is 30.5 Å². The second-order valence-electron chi connectivity index (χ2n) is 6.09. The fourth-order valence-corrected chi connectivity index (χ4v) is 2.17. The van der Waals surface area contributed by atoms with Crippen molar-refractivity contribution in [3.05, 3.63) is 53.9 Å². The minimum atomic E-state index is -0.336. The molecule has 132 valence electrons. The molecule has 0 fully saturated rings. The lowest BCUT2D eigenvalue weighted by Crippen LogP contribution is -2.26. The van der Waals surface area contributed by atoms with E-state index in [4.69, 9.17) is 4.74 Å². The summed E-state index contributed by atoms with van der Waals surface area (Å²) in [5.74, 6) is 0.592. The zero-order valence-corrected chi connectivity index (χ0v) is 14.7. The number of rotatable bonds is 7. The van der Waals surface area contributed by atoms with E-state index in [-0.39, 0.29) is 11.8 Å². The third kappa shape index (κ3) is 5.60. The third-order valence-corrected chi connectivity index (χ3v) is 3.60. The molecule has 25 heavy (non-hydrogen) atoms. The molecule has 2 rings (SSSR count). The van der Waals surface area contributed by atoms with Crippen LogP contribution in [0.5, 0.6) is 5.75 Å². The lowest BCUT2D eigenvalue weighted by Gasteiger charge is -2.09. The van der Waals surface area contributed by atoms with Gasteiger partial charge >= 0.3 is 0 Å². The predicted octanol–water partition coefficient (Wildman–Crippen LogP) is 3.12. The number of hydrogen-bond donors (Lipinski definition) is 2. The average molecular weight is 341 g/mol. The van der Waals surface area contributed by atoms with Crippen LogP contribution < -0.4 is 15.4 Å². The van der Waals surface area contributed by atoms with E-state index in [0.717, 1.165) is 6.42 Å². The van der Waals surface area contributed by atoms with Gasteiger partial charge in [0.05, 0.1) is 18.2 Å². The Kier molecular flexibility index (Phi) is 6.51. The first-order valence-corrected chi connectivity index (χ1v) is 8.18.